The molecule has 27 heavy (non-hydrogen) atoms. The van der Waals surface area contributed by atoms with Crippen LogP contribution in [-0.4, -0.2) is 58.5 Å². The van der Waals surface area contributed by atoms with E-state index in [4.69, 9.17) is 4.74 Å². The molecule has 0 aliphatic heterocycles. The smallest absolute Gasteiger partial charge is 0.251 e. The topological polar surface area (TPSA) is 148 Å². The molecule has 0 aromatic heterocycles. The molecular weight excluding hydrogens is 356 g/mol. The summed E-state index contributed by atoms with van der Waals surface area (Å²) in [6, 6.07) is 7.50. The molecule has 0 aliphatic rings. The third-order valence-electron chi connectivity index (χ3n) is 3.54. The third kappa shape index (κ3) is 5.79. The quantitative estimate of drug-likeness (QED) is 0.293. The van der Waals surface area contributed by atoms with Crippen molar-refractivity contribution in [3.8, 4) is 23.0 Å². The summed E-state index contributed by atoms with van der Waals surface area (Å²) in [7, 11) is 0. The van der Waals surface area contributed by atoms with E-state index < -0.39 is 11.8 Å². The van der Waals surface area contributed by atoms with Gasteiger partial charge in [-0.25, -0.2) is 0 Å². The fraction of sp³-hybridized carbons (Fsp3) is 0.222. The van der Waals surface area contributed by atoms with Gasteiger partial charge in [0.15, 0.2) is 23.0 Å². The molecule has 0 spiro atoms. The maximum Gasteiger partial charge on any atom is 0.251 e. The van der Waals surface area contributed by atoms with Crippen LogP contribution >= 0.6 is 0 Å². The number of amides is 2. The van der Waals surface area contributed by atoms with Crippen molar-refractivity contribution in [2.45, 2.75) is 0 Å². The predicted octanol–water partition coefficient (Wildman–Crippen LogP) is 0.685. The molecule has 0 saturated carbocycles. The first-order valence-corrected chi connectivity index (χ1v) is 8.06. The molecule has 0 radical (unpaired) electrons. The summed E-state index contributed by atoms with van der Waals surface area (Å²) in [6.45, 7) is 0.873. The molecule has 0 fully saturated rings. The summed E-state index contributed by atoms with van der Waals surface area (Å²) in [4.78, 5) is 23.7. The number of phenols is 4. The van der Waals surface area contributed by atoms with Gasteiger partial charge in [-0.3, -0.25) is 9.59 Å². The van der Waals surface area contributed by atoms with Crippen LogP contribution in [-0.2, 0) is 4.74 Å². The van der Waals surface area contributed by atoms with E-state index in [1.54, 1.807) is 0 Å². The molecule has 9 heteroatoms. The predicted molar refractivity (Wildman–Crippen MR) is 95.0 cm³/mol. The minimum Gasteiger partial charge on any atom is -0.504 e. The highest BCUT2D eigenvalue weighted by Gasteiger charge is 2.09. The molecule has 2 aromatic rings. The number of hydrogen-bond donors (Lipinski definition) is 6. The fourth-order valence-corrected chi connectivity index (χ4v) is 2.11. The Hall–Kier alpha value is -3.46. The van der Waals surface area contributed by atoms with Crippen molar-refractivity contribution < 1.29 is 34.8 Å². The van der Waals surface area contributed by atoms with Crippen LogP contribution in [0.5, 0.6) is 23.0 Å². The molecule has 6 N–H and O–H groups in total. The minimum atomic E-state index is -0.422. The molecule has 0 saturated heterocycles. The lowest BCUT2D eigenvalue weighted by atomic mass is 10.2. The first-order chi connectivity index (χ1) is 12.9. The van der Waals surface area contributed by atoms with E-state index in [0.717, 1.165) is 12.1 Å². The molecule has 0 bridgehead atoms. The molecule has 0 atom stereocenters. The van der Waals surface area contributed by atoms with Crippen molar-refractivity contribution in [1.82, 2.24) is 10.6 Å². The number of carbonyl (C=O) groups is 2. The number of benzene rings is 2. The Morgan fingerprint density at radius 2 is 1.11 bits per heavy atom. The highest BCUT2D eigenvalue weighted by molar-refractivity contribution is 5.95. The van der Waals surface area contributed by atoms with E-state index in [1.165, 1.54) is 24.3 Å². The first-order valence-electron chi connectivity index (χ1n) is 8.06. The second kappa shape index (κ2) is 9.30. The zero-order chi connectivity index (χ0) is 19.8. The summed E-state index contributed by atoms with van der Waals surface area (Å²) in [5.74, 6) is -2.21. The molecule has 0 unspecified atom stereocenters. The molecule has 0 heterocycles. The number of carbonyl (C=O) groups excluding carboxylic acids is 2. The van der Waals surface area contributed by atoms with Crippen molar-refractivity contribution in [2.24, 2.45) is 0 Å². The maximum absolute atomic E-state index is 11.8. The molecule has 2 rings (SSSR count). The van der Waals surface area contributed by atoms with Crippen LogP contribution < -0.4 is 10.6 Å². The average molecular weight is 376 g/mol. The van der Waals surface area contributed by atoms with Crippen LogP contribution in [0.1, 0.15) is 20.7 Å². The second-order valence-corrected chi connectivity index (χ2v) is 5.53. The summed E-state index contributed by atoms with van der Waals surface area (Å²) < 4.78 is 5.28. The van der Waals surface area contributed by atoms with E-state index >= 15 is 0 Å². The number of hydrogen-bond acceptors (Lipinski definition) is 7. The minimum absolute atomic E-state index is 0.203. The van der Waals surface area contributed by atoms with Crippen LogP contribution in [0.15, 0.2) is 36.4 Å². The number of aromatic hydroxyl groups is 4. The molecular formula is C18H20N2O7. The Morgan fingerprint density at radius 1 is 0.704 bits per heavy atom. The van der Waals surface area contributed by atoms with Crippen LogP contribution in [0, 0.1) is 0 Å². The average Bonchev–Trinajstić information content (AvgIpc) is 2.65. The summed E-state index contributed by atoms with van der Waals surface area (Å²) in [6.07, 6.45) is 0. The van der Waals surface area contributed by atoms with Gasteiger partial charge in [0.1, 0.15) is 0 Å². The third-order valence-corrected chi connectivity index (χ3v) is 3.54. The van der Waals surface area contributed by atoms with Gasteiger partial charge in [-0.05, 0) is 36.4 Å². The largest absolute Gasteiger partial charge is 0.504 e. The van der Waals surface area contributed by atoms with E-state index in [9.17, 15) is 30.0 Å². The summed E-state index contributed by atoms with van der Waals surface area (Å²) in [5, 5.41) is 42.3. The number of phenolic OH excluding ortho intramolecular Hbond substituents is 4. The zero-order valence-electron chi connectivity index (χ0n) is 14.3. The van der Waals surface area contributed by atoms with Crippen molar-refractivity contribution in [2.75, 3.05) is 26.3 Å². The van der Waals surface area contributed by atoms with Crippen LogP contribution in [0.2, 0.25) is 0 Å². The Balaban J connectivity index is 1.61. The van der Waals surface area contributed by atoms with E-state index in [2.05, 4.69) is 10.6 Å². The summed E-state index contributed by atoms with van der Waals surface area (Å²) in [5.41, 5.74) is 0.407. The van der Waals surface area contributed by atoms with Crippen molar-refractivity contribution in [1.29, 1.82) is 0 Å². The summed E-state index contributed by atoms with van der Waals surface area (Å²) >= 11 is 0. The van der Waals surface area contributed by atoms with Gasteiger partial charge in [0.25, 0.3) is 11.8 Å². The highest BCUT2D eigenvalue weighted by Crippen LogP contribution is 2.25. The van der Waals surface area contributed by atoms with Gasteiger partial charge in [0.2, 0.25) is 0 Å². The molecule has 144 valence electrons. The second-order valence-electron chi connectivity index (χ2n) is 5.53. The Bertz CT molecular complexity index is 756. The van der Waals surface area contributed by atoms with E-state index in [0.29, 0.717) is 0 Å². The van der Waals surface area contributed by atoms with Crippen LogP contribution in [0.25, 0.3) is 0 Å². The van der Waals surface area contributed by atoms with Gasteiger partial charge in [0, 0.05) is 24.2 Å². The Labute approximate surface area is 154 Å². The molecule has 9 nitrogen and oxygen atoms in total. The number of rotatable bonds is 8. The van der Waals surface area contributed by atoms with E-state index in [-0.39, 0.29) is 60.4 Å². The zero-order valence-corrected chi connectivity index (χ0v) is 14.3. The van der Waals surface area contributed by atoms with Gasteiger partial charge in [-0.1, -0.05) is 0 Å². The Kier molecular flexibility index (Phi) is 6.84. The molecule has 2 amide bonds. The van der Waals surface area contributed by atoms with Gasteiger partial charge in [0.05, 0.1) is 13.2 Å². The number of nitrogens with one attached hydrogen (secondary N) is 2. The molecule has 2 aromatic carbocycles. The molecule has 0 aliphatic carbocycles. The van der Waals surface area contributed by atoms with Crippen molar-refractivity contribution >= 4 is 11.8 Å². The Morgan fingerprint density at radius 3 is 1.48 bits per heavy atom. The monoisotopic (exact) mass is 376 g/mol. The highest BCUT2D eigenvalue weighted by atomic mass is 16.5. The number of ether oxygens (including phenoxy) is 1. The standard InChI is InChI=1S/C18H20N2O7/c21-13-3-1-11(9-15(13)23)17(25)19-5-7-27-8-6-20-18(26)12-2-4-14(22)16(24)10-12/h1-4,9-10,21-24H,5-8H2,(H,19,25)(H,20,26). The first kappa shape index (κ1) is 19.9. The van der Waals surface area contributed by atoms with Gasteiger partial charge in [-0.2, -0.15) is 0 Å². The lowest BCUT2D eigenvalue weighted by molar-refractivity contribution is 0.0892. The lowest BCUT2D eigenvalue weighted by Gasteiger charge is -2.08. The SMILES string of the molecule is O=C(NCCOCCNC(=O)c1ccc(O)c(O)c1)c1ccc(O)c(O)c1. The maximum atomic E-state index is 11.8. The normalized spacial score (nSPS) is 10.4. The van der Waals surface area contributed by atoms with Crippen molar-refractivity contribution in [3.63, 3.8) is 0 Å². The van der Waals surface area contributed by atoms with Crippen molar-refractivity contribution in [3.05, 3.63) is 47.5 Å². The van der Waals surface area contributed by atoms with Gasteiger partial charge in [-0.15, -0.1) is 0 Å². The fourth-order valence-electron chi connectivity index (χ4n) is 2.11. The van der Waals surface area contributed by atoms with Gasteiger partial charge < -0.3 is 35.8 Å². The lowest BCUT2D eigenvalue weighted by Crippen LogP contribution is -2.30. The van der Waals surface area contributed by atoms with Crippen LogP contribution in [0.4, 0.5) is 0 Å². The van der Waals surface area contributed by atoms with E-state index in [1.807, 2.05) is 0 Å². The van der Waals surface area contributed by atoms with Crippen LogP contribution in [0.3, 0.4) is 0 Å². The van der Waals surface area contributed by atoms with Gasteiger partial charge >= 0.3 is 0 Å².